The van der Waals surface area contributed by atoms with E-state index < -0.39 is 0 Å². The van der Waals surface area contributed by atoms with Gasteiger partial charge in [-0.1, -0.05) is 12.5 Å². The Hall–Kier alpha value is -3.26. The number of carbonyl (C=O) groups excluding carboxylic acids is 1. The Labute approximate surface area is 208 Å². The smallest absolute Gasteiger partial charge is 0.334 e. The van der Waals surface area contributed by atoms with Gasteiger partial charge in [0, 0.05) is 36.2 Å². The molecule has 2 rings (SSSR count). The van der Waals surface area contributed by atoms with Crippen molar-refractivity contribution >= 4 is 12.0 Å². The second-order valence-electron chi connectivity index (χ2n) is 7.83. The maximum atomic E-state index is 12.8. The highest BCUT2D eigenvalue weighted by Crippen LogP contribution is 2.50. The molecule has 8 heteroatoms. The van der Waals surface area contributed by atoms with Gasteiger partial charge in [0.05, 0.1) is 27.9 Å². The second-order valence-corrected chi connectivity index (χ2v) is 7.83. The van der Waals surface area contributed by atoms with Gasteiger partial charge in [0.25, 0.3) is 0 Å². The minimum Gasteiger partial charge on any atom is -0.492 e. The Morgan fingerprint density at radius 3 is 2.29 bits per heavy atom. The fourth-order valence-corrected chi connectivity index (χ4v) is 3.83. The Morgan fingerprint density at radius 1 is 0.971 bits per heavy atom. The lowest BCUT2D eigenvalue weighted by atomic mass is 9.98. The zero-order valence-corrected chi connectivity index (χ0v) is 21.6. The highest BCUT2D eigenvalue weighted by Gasteiger charge is 2.26. The summed E-state index contributed by atoms with van der Waals surface area (Å²) < 4.78 is 33.1. The summed E-state index contributed by atoms with van der Waals surface area (Å²) in [4.78, 5) is 17.0. The minimum atomic E-state index is -0.352. The van der Waals surface area contributed by atoms with Gasteiger partial charge in [-0.25, -0.2) is 4.79 Å². The van der Waals surface area contributed by atoms with Gasteiger partial charge in [-0.15, -0.1) is 0 Å². The molecule has 0 bridgehead atoms. The third-order valence-electron chi connectivity index (χ3n) is 5.53. The Kier molecular flexibility index (Phi) is 11.9. The number of unbranched alkanes of at least 4 members (excludes halogenated alkanes) is 2. The zero-order valence-electron chi connectivity index (χ0n) is 21.6. The molecule has 0 N–H and O–H groups in total. The lowest BCUT2D eigenvalue weighted by molar-refractivity contribution is -0.138. The van der Waals surface area contributed by atoms with Crippen molar-refractivity contribution in [1.82, 2.24) is 4.98 Å². The van der Waals surface area contributed by atoms with Gasteiger partial charge < -0.3 is 28.4 Å². The monoisotopic (exact) mass is 487 g/mol. The van der Waals surface area contributed by atoms with E-state index in [2.05, 4.69) is 11.1 Å². The standard InChI is InChI=1S/C27H37NO7/c1-7-34-27(29)21(14-10-8-9-12-20-13-11-15-28-17-20)16-22-19(2)23(35-18-30-3)25(32-5)26(33-6)24(22)31-4/h11,13,15-17H,7-10,12,14,18H2,1-6H3/b21-16+. The number of methoxy groups -OCH3 is 4. The summed E-state index contributed by atoms with van der Waals surface area (Å²) in [6.45, 7) is 3.99. The summed E-state index contributed by atoms with van der Waals surface area (Å²) in [5.74, 6) is 1.32. The van der Waals surface area contributed by atoms with Gasteiger partial charge in [0.1, 0.15) is 0 Å². The molecule has 1 aromatic carbocycles. The summed E-state index contributed by atoms with van der Waals surface area (Å²) in [6.07, 6.45) is 9.80. The average Bonchev–Trinajstić information content (AvgIpc) is 2.88. The molecule has 0 aliphatic carbocycles. The zero-order chi connectivity index (χ0) is 25.6. The van der Waals surface area contributed by atoms with Crippen LogP contribution in [0.1, 0.15) is 49.3 Å². The van der Waals surface area contributed by atoms with Crippen LogP contribution in [0.4, 0.5) is 0 Å². The van der Waals surface area contributed by atoms with Gasteiger partial charge in [-0.2, -0.15) is 0 Å². The predicted octanol–water partition coefficient (Wildman–Crippen LogP) is 5.15. The van der Waals surface area contributed by atoms with Crippen molar-refractivity contribution < 1.29 is 33.2 Å². The van der Waals surface area contributed by atoms with E-state index in [1.165, 1.54) is 26.9 Å². The number of benzene rings is 1. The Balaban J connectivity index is 2.36. The molecule has 0 unspecified atom stereocenters. The molecule has 192 valence electrons. The highest BCUT2D eigenvalue weighted by atomic mass is 16.7. The lowest BCUT2D eigenvalue weighted by Gasteiger charge is -2.21. The third kappa shape index (κ3) is 7.62. The van der Waals surface area contributed by atoms with Crippen molar-refractivity contribution in [1.29, 1.82) is 0 Å². The summed E-state index contributed by atoms with van der Waals surface area (Å²) in [5.41, 5.74) is 3.16. The Bertz CT molecular complexity index is 973. The van der Waals surface area contributed by atoms with Crippen molar-refractivity contribution in [2.24, 2.45) is 0 Å². The fraction of sp³-hybridized carbons (Fsp3) is 0.481. The van der Waals surface area contributed by atoms with E-state index in [0.29, 0.717) is 47.2 Å². The molecule has 0 amide bonds. The average molecular weight is 488 g/mol. The molecule has 1 heterocycles. The largest absolute Gasteiger partial charge is 0.492 e. The van der Waals surface area contributed by atoms with Crippen LogP contribution in [0.15, 0.2) is 30.1 Å². The first-order valence-electron chi connectivity index (χ1n) is 11.7. The van der Waals surface area contributed by atoms with E-state index in [1.54, 1.807) is 26.3 Å². The van der Waals surface area contributed by atoms with Crippen molar-refractivity contribution in [3.05, 3.63) is 46.8 Å². The van der Waals surface area contributed by atoms with Gasteiger partial charge in [0.15, 0.2) is 18.3 Å². The molecular weight excluding hydrogens is 450 g/mol. The van der Waals surface area contributed by atoms with E-state index in [0.717, 1.165) is 31.2 Å². The number of esters is 1. The van der Waals surface area contributed by atoms with E-state index in [1.807, 2.05) is 19.2 Å². The number of hydrogen-bond acceptors (Lipinski definition) is 8. The molecule has 0 radical (unpaired) electrons. The number of aromatic nitrogens is 1. The number of ether oxygens (including phenoxy) is 6. The van der Waals surface area contributed by atoms with Crippen LogP contribution in [-0.2, 0) is 20.7 Å². The molecule has 8 nitrogen and oxygen atoms in total. The Morgan fingerprint density at radius 2 is 1.69 bits per heavy atom. The number of carbonyl (C=O) groups is 1. The van der Waals surface area contributed by atoms with Crippen LogP contribution < -0.4 is 18.9 Å². The van der Waals surface area contributed by atoms with Crippen LogP contribution in [0.2, 0.25) is 0 Å². The second kappa shape index (κ2) is 14.9. The van der Waals surface area contributed by atoms with E-state index in [-0.39, 0.29) is 12.8 Å². The van der Waals surface area contributed by atoms with Crippen LogP contribution in [-0.4, -0.2) is 52.8 Å². The number of aryl methyl sites for hydroxylation is 1. The minimum absolute atomic E-state index is 0.0253. The molecule has 0 fully saturated rings. The molecule has 0 aliphatic rings. The molecule has 0 saturated heterocycles. The summed E-state index contributed by atoms with van der Waals surface area (Å²) in [5, 5.41) is 0. The summed E-state index contributed by atoms with van der Waals surface area (Å²) in [6, 6.07) is 4.02. The van der Waals surface area contributed by atoms with Gasteiger partial charge in [-0.3, -0.25) is 4.98 Å². The molecule has 0 aliphatic heterocycles. The van der Waals surface area contributed by atoms with Crippen molar-refractivity contribution in [2.75, 3.05) is 41.8 Å². The number of hydrogen-bond donors (Lipinski definition) is 0. The first-order valence-corrected chi connectivity index (χ1v) is 11.7. The van der Waals surface area contributed by atoms with Crippen LogP contribution >= 0.6 is 0 Å². The highest BCUT2D eigenvalue weighted by molar-refractivity contribution is 5.95. The number of pyridine rings is 1. The first kappa shape index (κ1) is 28.0. The summed E-state index contributed by atoms with van der Waals surface area (Å²) in [7, 11) is 6.14. The van der Waals surface area contributed by atoms with Crippen LogP contribution in [0.3, 0.4) is 0 Å². The molecule has 2 aromatic rings. The third-order valence-corrected chi connectivity index (χ3v) is 5.53. The molecule has 1 aromatic heterocycles. The van der Waals surface area contributed by atoms with Crippen LogP contribution in [0, 0.1) is 6.92 Å². The first-order chi connectivity index (χ1) is 17.0. The van der Waals surface area contributed by atoms with Crippen molar-refractivity contribution in [2.45, 2.75) is 46.0 Å². The van der Waals surface area contributed by atoms with Gasteiger partial charge in [-0.05, 0) is 57.2 Å². The quantitative estimate of drug-likeness (QED) is 0.148. The fourth-order valence-electron chi connectivity index (χ4n) is 3.83. The topological polar surface area (TPSA) is 85.3 Å². The molecular formula is C27H37NO7. The molecule has 0 atom stereocenters. The number of rotatable bonds is 15. The normalized spacial score (nSPS) is 11.2. The van der Waals surface area contributed by atoms with E-state index in [4.69, 9.17) is 28.4 Å². The molecule has 0 saturated carbocycles. The maximum Gasteiger partial charge on any atom is 0.334 e. The van der Waals surface area contributed by atoms with Crippen molar-refractivity contribution in [3.8, 4) is 23.0 Å². The van der Waals surface area contributed by atoms with Crippen LogP contribution in [0.5, 0.6) is 23.0 Å². The van der Waals surface area contributed by atoms with E-state index in [9.17, 15) is 4.79 Å². The van der Waals surface area contributed by atoms with Crippen LogP contribution in [0.25, 0.3) is 6.08 Å². The lowest BCUT2D eigenvalue weighted by Crippen LogP contribution is -2.10. The molecule has 35 heavy (non-hydrogen) atoms. The van der Waals surface area contributed by atoms with Gasteiger partial charge >= 0.3 is 5.97 Å². The maximum absolute atomic E-state index is 12.8. The SMILES string of the molecule is CCOC(=O)/C(=C/c1c(C)c(OCOC)c(OC)c(OC)c1OC)CCCCCc1cccnc1. The molecule has 0 spiro atoms. The summed E-state index contributed by atoms with van der Waals surface area (Å²) >= 11 is 0. The van der Waals surface area contributed by atoms with E-state index >= 15 is 0 Å². The number of nitrogens with zero attached hydrogens (tertiary/aromatic N) is 1. The van der Waals surface area contributed by atoms with Gasteiger partial charge in [0.2, 0.25) is 11.5 Å². The predicted molar refractivity (Wildman–Crippen MR) is 134 cm³/mol. The van der Waals surface area contributed by atoms with Crippen molar-refractivity contribution in [3.63, 3.8) is 0 Å².